The summed E-state index contributed by atoms with van der Waals surface area (Å²) in [4.78, 5) is 40.5. The van der Waals surface area contributed by atoms with Crippen molar-refractivity contribution in [3.63, 3.8) is 0 Å². The minimum atomic E-state index is -1.36. The van der Waals surface area contributed by atoms with E-state index in [1.54, 1.807) is 30.3 Å². The molecule has 1 aromatic heterocycles. The van der Waals surface area contributed by atoms with E-state index in [2.05, 4.69) is 5.32 Å². The Morgan fingerprint density at radius 3 is 2.82 bits per heavy atom. The number of imide groups is 1. The van der Waals surface area contributed by atoms with Crippen LogP contribution in [0.15, 0.2) is 47.1 Å². The molecular weight excluding hydrogens is 385 g/mol. The van der Waals surface area contributed by atoms with Crippen LogP contribution >= 0.6 is 11.8 Å². The molecule has 9 heteroatoms. The Morgan fingerprint density at radius 1 is 1.32 bits per heavy atom. The van der Waals surface area contributed by atoms with Gasteiger partial charge in [-0.15, -0.1) is 11.8 Å². The van der Waals surface area contributed by atoms with Crippen molar-refractivity contribution < 1.29 is 23.2 Å². The van der Waals surface area contributed by atoms with Crippen molar-refractivity contribution in [1.29, 1.82) is 0 Å². The summed E-state index contributed by atoms with van der Waals surface area (Å²) >= 11 is 1.45. The predicted molar refractivity (Wildman–Crippen MR) is 99.6 cm³/mol. The lowest BCUT2D eigenvalue weighted by molar-refractivity contribution is -0.139. The maximum absolute atomic E-state index is 14.2. The predicted octanol–water partition coefficient (Wildman–Crippen LogP) is 2.46. The van der Waals surface area contributed by atoms with E-state index in [1.807, 2.05) is 0 Å². The Morgan fingerprint density at radius 2 is 2.11 bits per heavy atom. The number of nitrogens with zero attached hydrogens (tertiary/aromatic N) is 2. The minimum Gasteiger partial charge on any atom is -0.466 e. The quantitative estimate of drug-likeness (QED) is 0.793. The summed E-state index contributed by atoms with van der Waals surface area (Å²) in [5.41, 5.74) is -0.943. The first-order chi connectivity index (χ1) is 13.4. The zero-order valence-corrected chi connectivity index (χ0v) is 15.9. The lowest BCUT2D eigenvalue weighted by Crippen LogP contribution is -2.44. The van der Waals surface area contributed by atoms with Gasteiger partial charge in [-0.2, -0.15) is 0 Å². The molecule has 4 amide bonds. The van der Waals surface area contributed by atoms with Crippen LogP contribution in [0.3, 0.4) is 0 Å². The number of furan rings is 1. The number of thioether (sulfide) groups is 1. The number of hydrogen-bond donors (Lipinski definition) is 1. The van der Waals surface area contributed by atoms with Crippen LogP contribution in [0.2, 0.25) is 0 Å². The molecular formula is C19H18FN3O4S. The second-order valence-corrected chi connectivity index (χ2v) is 7.94. The van der Waals surface area contributed by atoms with E-state index >= 15 is 0 Å². The first-order valence-corrected chi connectivity index (χ1v) is 9.80. The largest absolute Gasteiger partial charge is 0.466 e. The molecule has 4 rings (SSSR count). The van der Waals surface area contributed by atoms with Gasteiger partial charge in [-0.25, -0.2) is 9.18 Å². The van der Waals surface area contributed by atoms with Crippen LogP contribution in [0.4, 0.5) is 9.18 Å². The number of hydrogen-bond acceptors (Lipinski definition) is 5. The van der Waals surface area contributed by atoms with Crippen LogP contribution in [0.25, 0.3) is 0 Å². The summed E-state index contributed by atoms with van der Waals surface area (Å²) in [6, 6.07) is 8.85. The summed E-state index contributed by atoms with van der Waals surface area (Å²) in [5, 5.41) is 2.11. The molecule has 0 aliphatic carbocycles. The van der Waals surface area contributed by atoms with Gasteiger partial charge in [0.1, 0.15) is 23.5 Å². The lowest BCUT2D eigenvalue weighted by Gasteiger charge is -2.26. The van der Waals surface area contributed by atoms with Crippen LogP contribution in [-0.4, -0.2) is 46.5 Å². The molecule has 0 unspecified atom stereocenters. The molecule has 0 saturated carbocycles. The Labute approximate surface area is 164 Å². The normalized spacial score (nSPS) is 24.7. The van der Waals surface area contributed by atoms with Crippen molar-refractivity contribution in [3.8, 4) is 0 Å². The van der Waals surface area contributed by atoms with Gasteiger partial charge in [0.05, 0.1) is 6.26 Å². The number of urea groups is 1. The smallest absolute Gasteiger partial charge is 0.325 e. The fraction of sp³-hybridized carbons (Fsp3) is 0.316. The van der Waals surface area contributed by atoms with Crippen molar-refractivity contribution in [3.05, 3.63) is 59.8 Å². The second kappa shape index (κ2) is 6.97. The average Bonchev–Trinajstić information content (AvgIpc) is 3.40. The van der Waals surface area contributed by atoms with Gasteiger partial charge < -0.3 is 14.6 Å². The summed E-state index contributed by atoms with van der Waals surface area (Å²) < 4.78 is 19.5. The van der Waals surface area contributed by atoms with Gasteiger partial charge in [-0.3, -0.25) is 14.5 Å². The number of nitrogens with one attached hydrogen (secondary N) is 1. The molecule has 2 aliphatic heterocycles. The summed E-state index contributed by atoms with van der Waals surface area (Å²) in [5.74, 6) is -0.419. The van der Waals surface area contributed by atoms with E-state index in [4.69, 9.17) is 4.42 Å². The van der Waals surface area contributed by atoms with Gasteiger partial charge in [-0.05, 0) is 25.1 Å². The maximum atomic E-state index is 14.2. The zero-order valence-electron chi connectivity index (χ0n) is 15.1. The number of carbonyl (C=O) groups is 3. The van der Waals surface area contributed by atoms with Gasteiger partial charge in [0.2, 0.25) is 5.91 Å². The van der Waals surface area contributed by atoms with E-state index in [0.29, 0.717) is 23.6 Å². The van der Waals surface area contributed by atoms with Gasteiger partial charge in [0.25, 0.3) is 5.91 Å². The van der Waals surface area contributed by atoms with Gasteiger partial charge >= 0.3 is 6.03 Å². The first-order valence-electron chi connectivity index (χ1n) is 8.75. The molecule has 0 bridgehead atoms. The third-order valence-electron chi connectivity index (χ3n) is 4.96. The Bertz CT molecular complexity index is 935. The molecule has 1 N–H and O–H groups in total. The Balaban J connectivity index is 1.53. The number of carbonyl (C=O) groups excluding carboxylic acids is 3. The van der Waals surface area contributed by atoms with Crippen molar-refractivity contribution in [2.24, 2.45) is 0 Å². The molecule has 1 aromatic carbocycles. The summed E-state index contributed by atoms with van der Waals surface area (Å²) in [7, 11) is 0. The first kappa shape index (κ1) is 18.5. The van der Waals surface area contributed by atoms with Crippen molar-refractivity contribution in [2.45, 2.75) is 17.8 Å². The van der Waals surface area contributed by atoms with E-state index < -0.39 is 35.3 Å². The lowest BCUT2D eigenvalue weighted by atomic mass is 9.99. The number of rotatable bonds is 4. The van der Waals surface area contributed by atoms with Crippen molar-refractivity contribution in [2.75, 3.05) is 18.8 Å². The summed E-state index contributed by atoms with van der Waals surface area (Å²) in [6.45, 7) is 1.54. The third kappa shape index (κ3) is 2.95. The third-order valence-corrected chi connectivity index (χ3v) is 6.21. The highest BCUT2D eigenvalue weighted by molar-refractivity contribution is 7.99. The van der Waals surface area contributed by atoms with E-state index in [1.165, 1.54) is 35.9 Å². The zero-order chi connectivity index (χ0) is 19.9. The standard InChI is InChI=1S/C19H18FN3O4S/c1-19(14-7-4-9-27-14)17(25)23(18(26)21-19)11-15(24)22-8-10-28-16(22)12-5-2-3-6-13(12)20/h2-7,9,16H,8,10-11H2,1H3,(H,21,26)/t16-,19+/m0/s1. The number of benzene rings is 1. The second-order valence-electron chi connectivity index (χ2n) is 6.76. The number of amides is 4. The van der Waals surface area contributed by atoms with Crippen LogP contribution in [0.1, 0.15) is 23.6 Å². The van der Waals surface area contributed by atoms with Crippen LogP contribution < -0.4 is 5.32 Å². The van der Waals surface area contributed by atoms with E-state index in [0.717, 1.165) is 4.90 Å². The molecule has 2 fully saturated rings. The summed E-state index contributed by atoms with van der Waals surface area (Å²) in [6.07, 6.45) is 1.41. The molecule has 7 nitrogen and oxygen atoms in total. The van der Waals surface area contributed by atoms with Crippen molar-refractivity contribution in [1.82, 2.24) is 15.1 Å². The highest BCUT2D eigenvalue weighted by Gasteiger charge is 2.52. The Kier molecular flexibility index (Phi) is 4.62. The van der Waals surface area contributed by atoms with E-state index in [9.17, 15) is 18.8 Å². The molecule has 2 aromatic rings. The molecule has 3 heterocycles. The fourth-order valence-electron chi connectivity index (χ4n) is 3.46. The maximum Gasteiger partial charge on any atom is 0.325 e. The monoisotopic (exact) mass is 403 g/mol. The molecule has 2 saturated heterocycles. The molecule has 2 atom stereocenters. The number of halogens is 1. The van der Waals surface area contributed by atoms with Gasteiger partial charge in [0, 0.05) is 17.9 Å². The molecule has 0 radical (unpaired) electrons. The average molecular weight is 403 g/mol. The fourth-order valence-corrected chi connectivity index (χ4v) is 4.75. The topological polar surface area (TPSA) is 82.9 Å². The van der Waals surface area contributed by atoms with E-state index in [-0.39, 0.29) is 5.82 Å². The molecule has 0 spiro atoms. The van der Waals surface area contributed by atoms with Crippen LogP contribution in [-0.2, 0) is 15.1 Å². The SMILES string of the molecule is C[C@]1(c2ccco2)NC(=O)N(CC(=O)N2CCS[C@H]2c2ccccc2F)C1=O. The van der Waals surface area contributed by atoms with Crippen LogP contribution in [0.5, 0.6) is 0 Å². The van der Waals surface area contributed by atoms with Crippen molar-refractivity contribution >= 4 is 29.6 Å². The van der Waals surface area contributed by atoms with Gasteiger partial charge in [-0.1, -0.05) is 18.2 Å². The highest BCUT2D eigenvalue weighted by Crippen LogP contribution is 2.39. The highest BCUT2D eigenvalue weighted by atomic mass is 32.2. The molecule has 28 heavy (non-hydrogen) atoms. The molecule has 2 aliphatic rings. The Hall–Kier alpha value is -2.81. The van der Waals surface area contributed by atoms with Crippen LogP contribution in [0, 0.1) is 5.82 Å². The van der Waals surface area contributed by atoms with Gasteiger partial charge in [0.15, 0.2) is 5.54 Å². The molecule has 146 valence electrons. The minimum absolute atomic E-state index is 0.293.